The highest BCUT2D eigenvalue weighted by molar-refractivity contribution is 5.98. The fraction of sp³-hybridized carbons (Fsp3) is 0.611. The number of hydrogen-bond acceptors (Lipinski definition) is 2. The van der Waals surface area contributed by atoms with E-state index in [-0.39, 0.29) is 23.1 Å². The lowest BCUT2D eigenvalue weighted by atomic mass is 9.74. The molecule has 3 heteroatoms. The summed E-state index contributed by atoms with van der Waals surface area (Å²) in [5, 5.41) is 0. The number of carbonyl (C=O) groups excluding carboxylic acids is 1. The maximum absolute atomic E-state index is 13.7. The van der Waals surface area contributed by atoms with E-state index in [0.29, 0.717) is 17.7 Å². The summed E-state index contributed by atoms with van der Waals surface area (Å²) in [5.41, 5.74) is 1.01. The average Bonchev–Trinajstić information content (AvgIpc) is 2.50. The van der Waals surface area contributed by atoms with Crippen molar-refractivity contribution in [2.75, 3.05) is 6.61 Å². The van der Waals surface area contributed by atoms with Gasteiger partial charge in [-0.2, -0.15) is 0 Å². The maximum Gasteiger partial charge on any atom is 0.166 e. The van der Waals surface area contributed by atoms with Crippen molar-refractivity contribution in [2.24, 2.45) is 5.92 Å². The molecule has 114 valence electrons. The molecular formula is C18H23FO2. The molecule has 0 radical (unpaired) electrons. The summed E-state index contributed by atoms with van der Waals surface area (Å²) < 4.78 is 19.7. The number of benzene rings is 1. The lowest BCUT2D eigenvalue weighted by Crippen LogP contribution is -2.43. The van der Waals surface area contributed by atoms with Crippen molar-refractivity contribution in [3.05, 3.63) is 35.1 Å². The van der Waals surface area contributed by atoms with Gasteiger partial charge in [0.15, 0.2) is 5.78 Å². The Morgan fingerprint density at radius 1 is 1.29 bits per heavy atom. The van der Waals surface area contributed by atoms with E-state index in [1.165, 1.54) is 25.3 Å². The number of ether oxygens (including phenoxy) is 1. The molecule has 1 unspecified atom stereocenters. The topological polar surface area (TPSA) is 26.3 Å². The molecule has 2 nitrogen and oxygen atoms in total. The zero-order valence-corrected chi connectivity index (χ0v) is 12.7. The van der Waals surface area contributed by atoms with Crippen molar-refractivity contribution in [3.8, 4) is 0 Å². The second kappa shape index (κ2) is 5.88. The van der Waals surface area contributed by atoms with E-state index < -0.39 is 0 Å². The molecule has 0 amide bonds. The van der Waals surface area contributed by atoms with E-state index in [0.717, 1.165) is 25.7 Å². The number of ketones is 1. The number of carbonyl (C=O) groups is 1. The van der Waals surface area contributed by atoms with Gasteiger partial charge in [0.25, 0.3) is 0 Å². The average molecular weight is 290 g/mol. The van der Waals surface area contributed by atoms with Gasteiger partial charge in [-0.05, 0) is 44.2 Å². The molecule has 0 bridgehead atoms. The SMILES string of the molecule is Cc1ccc(C(=O)C2CCOC3(CCCCC3)C2)cc1F. The van der Waals surface area contributed by atoms with E-state index in [9.17, 15) is 9.18 Å². The number of rotatable bonds is 2. The molecule has 1 aliphatic carbocycles. The second-order valence-corrected chi connectivity index (χ2v) is 6.61. The first-order valence-electron chi connectivity index (χ1n) is 8.04. The van der Waals surface area contributed by atoms with Crippen LogP contribution in [0.4, 0.5) is 4.39 Å². The van der Waals surface area contributed by atoms with E-state index in [4.69, 9.17) is 4.74 Å². The zero-order chi connectivity index (χ0) is 14.9. The Morgan fingerprint density at radius 2 is 2.05 bits per heavy atom. The van der Waals surface area contributed by atoms with Crippen LogP contribution in [0.25, 0.3) is 0 Å². The van der Waals surface area contributed by atoms with Gasteiger partial charge in [0, 0.05) is 18.1 Å². The third-order valence-electron chi connectivity index (χ3n) is 5.08. The smallest absolute Gasteiger partial charge is 0.166 e. The minimum atomic E-state index is -0.291. The molecule has 3 rings (SSSR count). The summed E-state index contributed by atoms with van der Waals surface area (Å²) in [5.74, 6) is -0.221. The molecule has 1 aromatic rings. The predicted molar refractivity (Wildman–Crippen MR) is 80.0 cm³/mol. The van der Waals surface area contributed by atoms with Crippen LogP contribution in [-0.4, -0.2) is 18.0 Å². The van der Waals surface area contributed by atoms with Crippen LogP contribution >= 0.6 is 0 Å². The monoisotopic (exact) mass is 290 g/mol. The minimum Gasteiger partial charge on any atom is -0.375 e. The van der Waals surface area contributed by atoms with Crippen molar-refractivity contribution < 1.29 is 13.9 Å². The number of aryl methyl sites for hydroxylation is 1. The fourth-order valence-corrected chi connectivity index (χ4v) is 3.78. The van der Waals surface area contributed by atoms with Gasteiger partial charge in [-0.3, -0.25) is 4.79 Å². The summed E-state index contributed by atoms with van der Waals surface area (Å²) in [6.45, 7) is 2.37. The van der Waals surface area contributed by atoms with Gasteiger partial charge in [0.2, 0.25) is 0 Å². The zero-order valence-electron chi connectivity index (χ0n) is 12.7. The number of Topliss-reactive ketones (excluding diaryl/α,β-unsaturated/α-hetero) is 1. The Morgan fingerprint density at radius 3 is 2.76 bits per heavy atom. The third-order valence-corrected chi connectivity index (χ3v) is 5.08. The van der Waals surface area contributed by atoms with Crippen molar-refractivity contribution >= 4 is 5.78 Å². The van der Waals surface area contributed by atoms with E-state index >= 15 is 0 Å². The van der Waals surface area contributed by atoms with E-state index in [2.05, 4.69) is 0 Å². The summed E-state index contributed by atoms with van der Waals surface area (Å²) in [6.07, 6.45) is 7.36. The molecule has 1 atom stereocenters. The Kier molecular flexibility index (Phi) is 4.12. The van der Waals surface area contributed by atoms with Crippen LogP contribution in [0.1, 0.15) is 60.9 Å². The highest BCUT2D eigenvalue weighted by atomic mass is 19.1. The second-order valence-electron chi connectivity index (χ2n) is 6.61. The van der Waals surface area contributed by atoms with Gasteiger partial charge in [-0.15, -0.1) is 0 Å². The molecule has 1 heterocycles. The molecule has 1 saturated heterocycles. The molecular weight excluding hydrogens is 267 g/mol. The molecule has 21 heavy (non-hydrogen) atoms. The quantitative estimate of drug-likeness (QED) is 0.752. The van der Waals surface area contributed by atoms with Crippen LogP contribution in [-0.2, 0) is 4.74 Å². The van der Waals surface area contributed by atoms with Gasteiger partial charge in [-0.1, -0.05) is 31.4 Å². The predicted octanol–water partition coefficient (Wildman–Crippen LogP) is 4.45. The Labute approximate surface area is 125 Å². The maximum atomic E-state index is 13.7. The molecule has 1 spiro atoms. The summed E-state index contributed by atoms with van der Waals surface area (Å²) in [7, 11) is 0. The van der Waals surface area contributed by atoms with Crippen LogP contribution in [0.5, 0.6) is 0 Å². The van der Waals surface area contributed by atoms with E-state index in [1.54, 1.807) is 19.1 Å². The summed E-state index contributed by atoms with van der Waals surface area (Å²) in [4.78, 5) is 12.7. The van der Waals surface area contributed by atoms with Gasteiger partial charge < -0.3 is 4.74 Å². The molecule has 1 aromatic carbocycles. The lowest BCUT2D eigenvalue weighted by Gasteiger charge is -2.43. The fourth-order valence-electron chi connectivity index (χ4n) is 3.78. The van der Waals surface area contributed by atoms with Crippen LogP contribution in [0.2, 0.25) is 0 Å². The van der Waals surface area contributed by atoms with Crippen LogP contribution in [0.3, 0.4) is 0 Å². The largest absolute Gasteiger partial charge is 0.375 e. The summed E-state index contributed by atoms with van der Waals surface area (Å²) >= 11 is 0. The normalized spacial score (nSPS) is 25.0. The van der Waals surface area contributed by atoms with E-state index in [1.807, 2.05) is 0 Å². The molecule has 1 saturated carbocycles. The van der Waals surface area contributed by atoms with Crippen molar-refractivity contribution in [1.82, 2.24) is 0 Å². The molecule has 2 fully saturated rings. The van der Waals surface area contributed by atoms with Gasteiger partial charge in [0.05, 0.1) is 5.60 Å². The lowest BCUT2D eigenvalue weighted by molar-refractivity contribution is -0.111. The van der Waals surface area contributed by atoms with Gasteiger partial charge >= 0.3 is 0 Å². The first-order chi connectivity index (χ1) is 10.1. The third kappa shape index (κ3) is 3.03. The Hall–Kier alpha value is -1.22. The number of halogens is 1. The van der Waals surface area contributed by atoms with Crippen molar-refractivity contribution in [1.29, 1.82) is 0 Å². The Balaban J connectivity index is 1.76. The minimum absolute atomic E-state index is 0.0149. The molecule has 1 aliphatic heterocycles. The molecule has 0 aromatic heterocycles. The molecule has 0 N–H and O–H groups in total. The van der Waals surface area contributed by atoms with Gasteiger partial charge in [-0.25, -0.2) is 4.39 Å². The highest BCUT2D eigenvalue weighted by Crippen LogP contribution is 2.41. The Bertz CT molecular complexity index is 527. The molecule has 2 aliphatic rings. The van der Waals surface area contributed by atoms with Crippen LogP contribution in [0, 0.1) is 18.7 Å². The van der Waals surface area contributed by atoms with Crippen molar-refractivity contribution in [2.45, 2.75) is 57.5 Å². The summed E-state index contributed by atoms with van der Waals surface area (Å²) in [6, 6.07) is 4.84. The van der Waals surface area contributed by atoms with Crippen molar-refractivity contribution in [3.63, 3.8) is 0 Å². The van der Waals surface area contributed by atoms with Crippen LogP contribution < -0.4 is 0 Å². The van der Waals surface area contributed by atoms with Crippen LogP contribution in [0.15, 0.2) is 18.2 Å². The standard InChI is InChI=1S/C18H23FO2/c1-13-5-6-14(11-16(13)19)17(20)15-7-10-21-18(12-15)8-3-2-4-9-18/h5-6,11,15H,2-4,7-10,12H2,1H3. The highest BCUT2D eigenvalue weighted by Gasteiger charge is 2.40. The van der Waals surface area contributed by atoms with Gasteiger partial charge in [0.1, 0.15) is 5.82 Å². The first-order valence-corrected chi connectivity index (χ1v) is 8.04. The number of hydrogen-bond donors (Lipinski definition) is 0. The first kappa shape index (κ1) is 14.7.